The number of carboxylic acids is 1. The van der Waals surface area contributed by atoms with E-state index < -0.39 is 17.5 Å². The van der Waals surface area contributed by atoms with Crippen LogP contribution in [-0.2, 0) is 4.79 Å². The standard InChI is InChI=1S/C13H16Cl2N2O3/c1-3-13(4-2,11(18)19)17-12(20)16-10-8(14)6-5-7-9(10)15/h5-7H,3-4H2,1-2H3,(H,18,19)(H2,16,17,20). The second-order valence-electron chi connectivity index (χ2n) is 4.27. The van der Waals surface area contributed by atoms with Crippen molar-refractivity contribution in [1.29, 1.82) is 0 Å². The van der Waals surface area contributed by atoms with Crippen molar-refractivity contribution >= 4 is 40.9 Å². The third-order valence-electron chi connectivity index (χ3n) is 3.17. The lowest BCUT2D eigenvalue weighted by molar-refractivity contribution is -0.144. The topological polar surface area (TPSA) is 78.4 Å². The molecule has 0 bridgehead atoms. The van der Waals surface area contributed by atoms with E-state index in [2.05, 4.69) is 10.6 Å². The molecule has 0 fully saturated rings. The van der Waals surface area contributed by atoms with Crippen LogP contribution in [0.3, 0.4) is 0 Å². The zero-order valence-electron chi connectivity index (χ0n) is 11.2. The third kappa shape index (κ3) is 3.55. The van der Waals surface area contributed by atoms with Crippen molar-refractivity contribution < 1.29 is 14.7 Å². The highest BCUT2D eigenvalue weighted by molar-refractivity contribution is 6.39. The highest BCUT2D eigenvalue weighted by atomic mass is 35.5. The number of carbonyl (C=O) groups is 2. The van der Waals surface area contributed by atoms with Gasteiger partial charge in [-0.3, -0.25) is 0 Å². The fourth-order valence-electron chi connectivity index (χ4n) is 1.76. The number of nitrogens with one attached hydrogen (secondary N) is 2. The van der Waals surface area contributed by atoms with Crippen molar-refractivity contribution in [3.05, 3.63) is 28.2 Å². The van der Waals surface area contributed by atoms with E-state index in [4.69, 9.17) is 23.2 Å². The predicted molar refractivity (Wildman–Crippen MR) is 79.6 cm³/mol. The van der Waals surface area contributed by atoms with Crippen molar-refractivity contribution in [2.45, 2.75) is 32.2 Å². The number of rotatable bonds is 5. The highest BCUT2D eigenvalue weighted by Gasteiger charge is 2.36. The number of benzene rings is 1. The summed E-state index contributed by atoms with van der Waals surface area (Å²) in [6.45, 7) is 3.39. The molecule has 7 heteroatoms. The summed E-state index contributed by atoms with van der Waals surface area (Å²) in [5.74, 6) is -1.08. The van der Waals surface area contributed by atoms with Crippen LogP contribution in [0.4, 0.5) is 10.5 Å². The van der Waals surface area contributed by atoms with Crippen LogP contribution in [0.1, 0.15) is 26.7 Å². The smallest absolute Gasteiger partial charge is 0.329 e. The second-order valence-corrected chi connectivity index (χ2v) is 5.08. The summed E-state index contributed by atoms with van der Waals surface area (Å²) in [7, 11) is 0. The predicted octanol–water partition coefficient (Wildman–Crippen LogP) is 3.76. The summed E-state index contributed by atoms with van der Waals surface area (Å²) in [5, 5.41) is 14.8. The molecule has 0 aliphatic carbocycles. The summed E-state index contributed by atoms with van der Waals surface area (Å²) >= 11 is 11.9. The lowest BCUT2D eigenvalue weighted by atomic mass is 9.93. The van der Waals surface area contributed by atoms with Crippen LogP contribution in [0.25, 0.3) is 0 Å². The average Bonchev–Trinajstić information content (AvgIpc) is 2.40. The number of halogens is 2. The molecule has 1 aromatic rings. The maximum Gasteiger partial charge on any atom is 0.329 e. The summed E-state index contributed by atoms with van der Waals surface area (Å²) < 4.78 is 0. The number of anilines is 1. The van der Waals surface area contributed by atoms with Crippen LogP contribution >= 0.6 is 23.2 Å². The van der Waals surface area contributed by atoms with E-state index in [1.807, 2.05) is 0 Å². The molecular formula is C13H16Cl2N2O3. The first kappa shape index (κ1) is 16.6. The molecule has 5 nitrogen and oxygen atoms in total. The average molecular weight is 319 g/mol. The number of hydrogen-bond acceptors (Lipinski definition) is 2. The number of hydrogen-bond donors (Lipinski definition) is 3. The van der Waals surface area contributed by atoms with E-state index in [0.717, 1.165) is 0 Å². The molecule has 1 aromatic carbocycles. The molecule has 0 aliphatic rings. The maximum atomic E-state index is 12.0. The minimum Gasteiger partial charge on any atom is -0.480 e. The number of aliphatic carboxylic acids is 1. The first-order valence-electron chi connectivity index (χ1n) is 6.13. The fourth-order valence-corrected chi connectivity index (χ4v) is 2.25. The van der Waals surface area contributed by atoms with Crippen LogP contribution in [0.2, 0.25) is 10.0 Å². The van der Waals surface area contributed by atoms with Gasteiger partial charge in [-0.25, -0.2) is 9.59 Å². The van der Waals surface area contributed by atoms with Crippen LogP contribution in [-0.4, -0.2) is 22.6 Å². The van der Waals surface area contributed by atoms with E-state index in [1.54, 1.807) is 32.0 Å². The Morgan fingerprint density at radius 3 is 2.10 bits per heavy atom. The van der Waals surface area contributed by atoms with Crippen molar-refractivity contribution in [3.8, 4) is 0 Å². The molecule has 3 N–H and O–H groups in total. The Balaban J connectivity index is 2.89. The lowest BCUT2D eigenvalue weighted by Gasteiger charge is -2.28. The van der Waals surface area contributed by atoms with Gasteiger partial charge in [0.1, 0.15) is 5.54 Å². The van der Waals surface area contributed by atoms with E-state index in [1.165, 1.54) is 0 Å². The summed E-state index contributed by atoms with van der Waals surface area (Å²) in [4.78, 5) is 23.3. The Morgan fingerprint density at radius 1 is 1.20 bits per heavy atom. The largest absolute Gasteiger partial charge is 0.480 e. The van der Waals surface area contributed by atoms with Crippen LogP contribution in [0.5, 0.6) is 0 Å². The Labute approximate surface area is 127 Å². The molecule has 2 amide bonds. The van der Waals surface area contributed by atoms with Crippen molar-refractivity contribution in [2.75, 3.05) is 5.32 Å². The van der Waals surface area contributed by atoms with Gasteiger partial charge in [0.05, 0.1) is 15.7 Å². The molecule has 20 heavy (non-hydrogen) atoms. The van der Waals surface area contributed by atoms with E-state index in [0.29, 0.717) is 0 Å². The third-order valence-corrected chi connectivity index (χ3v) is 3.80. The Kier molecular flexibility index (Phi) is 5.65. The Hall–Kier alpha value is -1.46. The van der Waals surface area contributed by atoms with Gasteiger partial charge in [-0.15, -0.1) is 0 Å². The molecule has 0 aromatic heterocycles. The maximum absolute atomic E-state index is 12.0. The molecular weight excluding hydrogens is 303 g/mol. The Bertz CT molecular complexity index is 496. The zero-order chi connectivity index (χ0) is 15.3. The molecule has 0 aliphatic heterocycles. The fraction of sp³-hybridized carbons (Fsp3) is 0.385. The van der Waals surface area contributed by atoms with Crippen LogP contribution in [0.15, 0.2) is 18.2 Å². The molecule has 0 unspecified atom stereocenters. The van der Waals surface area contributed by atoms with Crippen LogP contribution in [0, 0.1) is 0 Å². The monoisotopic (exact) mass is 318 g/mol. The van der Waals surface area contributed by atoms with E-state index >= 15 is 0 Å². The number of urea groups is 1. The van der Waals surface area contributed by atoms with Gasteiger partial charge in [0.25, 0.3) is 0 Å². The van der Waals surface area contributed by atoms with Gasteiger partial charge in [0.2, 0.25) is 0 Å². The van der Waals surface area contributed by atoms with Crippen molar-refractivity contribution in [1.82, 2.24) is 5.32 Å². The number of amides is 2. The van der Waals surface area contributed by atoms with E-state index in [9.17, 15) is 14.7 Å². The summed E-state index contributed by atoms with van der Waals surface area (Å²) in [6, 6.07) is 4.14. The summed E-state index contributed by atoms with van der Waals surface area (Å²) in [6.07, 6.45) is 0.533. The van der Waals surface area contributed by atoms with E-state index in [-0.39, 0.29) is 28.6 Å². The molecule has 1 rings (SSSR count). The molecule has 0 atom stereocenters. The molecule has 0 saturated carbocycles. The normalized spacial score (nSPS) is 11.0. The lowest BCUT2D eigenvalue weighted by Crippen LogP contribution is -2.55. The number of para-hydroxylation sites is 1. The minimum absolute atomic E-state index is 0.250. The van der Waals surface area contributed by atoms with Crippen molar-refractivity contribution in [3.63, 3.8) is 0 Å². The SMILES string of the molecule is CCC(CC)(NC(=O)Nc1c(Cl)cccc1Cl)C(=O)O. The molecule has 0 radical (unpaired) electrons. The van der Waals surface area contributed by atoms with Crippen LogP contribution < -0.4 is 10.6 Å². The second kappa shape index (κ2) is 6.81. The van der Waals surface area contributed by atoms with Gasteiger partial charge in [0, 0.05) is 0 Å². The molecule has 0 saturated heterocycles. The zero-order valence-corrected chi connectivity index (χ0v) is 12.7. The first-order valence-corrected chi connectivity index (χ1v) is 6.88. The van der Waals surface area contributed by atoms with Crippen molar-refractivity contribution in [2.24, 2.45) is 0 Å². The number of carbonyl (C=O) groups excluding carboxylic acids is 1. The van der Waals surface area contributed by atoms with Gasteiger partial charge in [-0.2, -0.15) is 0 Å². The quantitative estimate of drug-likeness (QED) is 0.773. The molecule has 0 spiro atoms. The van der Waals surface area contributed by atoms with Gasteiger partial charge in [-0.05, 0) is 25.0 Å². The Morgan fingerprint density at radius 2 is 1.70 bits per heavy atom. The summed E-state index contributed by atoms with van der Waals surface area (Å²) in [5.41, 5.74) is -1.06. The first-order chi connectivity index (χ1) is 9.36. The molecule has 110 valence electrons. The van der Waals surface area contributed by atoms with Gasteiger partial charge < -0.3 is 15.7 Å². The van der Waals surface area contributed by atoms with Gasteiger partial charge >= 0.3 is 12.0 Å². The van der Waals surface area contributed by atoms with Gasteiger partial charge in [-0.1, -0.05) is 43.1 Å². The minimum atomic E-state index is -1.31. The highest BCUT2D eigenvalue weighted by Crippen LogP contribution is 2.29. The number of carboxylic acid groups (broad SMARTS) is 1. The molecule has 0 heterocycles. The van der Waals surface area contributed by atoms with Gasteiger partial charge in [0.15, 0.2) is 0 Å².